The molecule has 0 radical (unpaired) electrons. The van der Waals surface area contributed by atoms with Gasteiger partial charge < -0.3 is 9.88 Å². The highest BCUT2D eigenvalue weighted by Crippen LogP contribution is 2.32. The molecule has 0 spiro atoms. The standard InChI is InChI=1S/C16H27N3O/c1-3-4-5-13-6-8-14(9-7-13)16(20)19(2)12-15-17-10-11-18-15/h10-11,13-14H,3-9,12H2,1-2H3,(H,17,18). The topological polar surface area (TPSA) is 49.0 Å². The van der Waals surface area contributed by atoms with Crippen molar-refractivity contribution in [2.75, 3.05) is 7.05 Å². The van der Waals surface area contributed by atoms with Crippen LogP contribution in [0.25, 0.3) is 0 Å². The minimum atomic E-state index is 0.229. The molecule has 1 aliphatic carbocycles. The largest absolute Gasteiger partial charge is 0.347 e. The lowest BCUT2D eigenvalue weighted by Crippen LogP contribution is -2.34. The summed E-state index contributed by atoms with van der Waals surface area (Å²) < 4.78 is 0. The summed E-state index contributed by atoms with van der Waals surface area (Å²) in [5.74, 6) is 2.23. The van der Waals surface area contributed by atoms with Crippen LogP contribution in [0.5, 0.6) is 0 Å². The number of nitrogens with one attached hydrogen (secondary N) is 1. The molecule has 0 saturated heterocycles. The number of H-pyrrole nitrogens is 1. The zero-order valence-electron chi connectivity index (χ0n) is 12.8. The minimum absolute atomic E-state index is 0.229. The van der Waals surface area contributed by atoms with Crippen molar-refractivity contribution in [3.05, 3.63) is 18.2 Å². The monoisotopic (exact) mass is 277 g/mol. The molecule has 1 heterocycles. The summed E-state index contributed by atoms with van der Waals surface area (Å²) >= 11 is 0. The summed E-state index contributed by atoms with van der Waals surface area (Å²) in [6.45, 7) is 2.83. The van der Waals surface area contributed by atoms with E-state index in [0.717, 1.165) is 24.6 Å². The molecule has 4 nitrogen and oxygen atoms in total. The van der Waals surface area contributed by atoms with Crippen molar-refractivity contribution < 1.29 is 4.79 Å². The van der Waals surface area contributed by atoms with Crippen molar-refractivity contribution in [2.24, 2.45) is 11.8 Å². The second-order valence-electron chi connectivity index (χ2n) is 6.09. The molecule has 0 bridgehead atoms. The van der Waals surface area contributed by atoms with Gasteiger partial charge in [-0.05, 0) is 31.6 Å². The number of carbonyl (C=O) groups excluding carboxylic acids is 1. The molecule has 0 unspecified atom stereocenters. The second kappa shape index (κ2) is 7.46. The van der Waals surface area contributed by atoms with E-state index in [9.17, 15) is 4.79 Å². The summed E-state index contributed by atoms with van der Waals surface area (Å²) in [6.07, 6.45) is 12.1. The quantitative estimate of drug-likeness (QED) is 0.866. The van der Waals surface area contributed by atoms with E-state index in [1.54, 1.807) is 12.4 Å². The average Bonchev–Trinajstić information content (AvgIpc) is 2.97. The molecule has 1 N–H and O–H groups in total. The third-order valence-electron chi connectivity index (χ3n) is 4.48. The number of aromatic amines is 1. The van der Waals surface area contributed by atoms with Crippen molar-refractivity contribution in [1.29, 1.82) is 0 Å². The van der Waals surface area contributed by atoms with Gasteiger partial charge in [0.2, 0.25) is 5.91 Å². The number of imidazole rings is 1. The van der Waals surface area contributed by atoms with Gasteiger partial charge in [0.15, 0.2) is 0 Å². The van der Waals surface area contributed by atoms with Gasteiger partial charge in [-0.2, -0.15) is 0 Å². The van der Waals surface area contributed by atoms with Crippen LogP contribution in [0.2, 0.25) is 0 Å². The highest BCUT2D eigenvalue weighted by atomic mass is 16.2. The lowest BCUT2D eigenvalue weighted by atomic mass is 9.79. The lowest BCUT2D eigenvalue weighted by Gasteiger charge is -2.30. The first-order chi connectivity index (χ1) is 9.70. The molecule has 1 amide bonds. The summed E-state index contributed by atoms with van der Waals surface area (Å²) in [5.41, 5.74) is 0. The van der Waals surface area contributed by atoms with Crippen molar-refractivity contribution in [2.45, 2.75) is 58.4 Å². The minimum Gasteiger partial charge on any atom is -0.347 e. The van der Waals surface area contributed by atoms with Gasteiger partial charge in [-0.3, -0.25) is 4.79 Å². The summed E-state index contributed by atoms with van der Waals surface area (Å²) in [7, 11) is 1.88. The van der Waals surface area contributed by atoms with E-state index in [-0.39, 0.29) is 11.8 Å². The zero-order valence-corrected chi connectivity index (χ0v) is 12.8. The number of aromatic nitrogens is 2. The number of amides is 1. The van der Waals surface area contributed by atoms with Crippen molar-refractivity contribution in [3.63, 3.8) is 0 Å². The maximum atomic E-state index is 12.4. The number of carbonyl (C=O) groups is 1. The van der Waals surface area contributed by atoms with Gasteiger partial charge >= 0.3 is 0 Å². The molecule has 0 aromatic carbocycles. The van der Waals surface area contributed by atoms with E-state index in [0.29, 0.717) is 6.54 Å². The van der Waals surface area contributed by atoms with Crippen LogP contribution >= 0.6 is 0 Å². The Balaban J connectivity index is 1.76. The Morgan fingerprint density at radius 2 is 2.15 bits per heavy atom. The molecule has 1 aromatic heterocycles. The van der Waals surface area contributed by atoms with Crippen LogP contribution in [0.4, 0.5) is 0 Å². The molecule has 1 fully saturated rings. The molecule has 1 saturated carbocycles. The molecule has 20 heavy (non-hydrogen) atoms. The number of hydrogen-bond acceptors (Lipinski definition) is 2. The van der Waals surface area contributed by atoms with Crippen LogP contribution in [-0.4, -0.2) is 27.8 Å². The van der Waals surface area contributed by atoms with Crippen molar-refractivity contribution >= 4 is 5.91 Å². The summed E-state index contributed by atoms with van der Waals surface area (Å²) in [5, 5.41) is 0. The first-order valence-corrected chi connectivity index (χ1v) is 7.94. The normalized spacial score (nSPS) is 22.7. The van der Waals surface area contributed by atoms with Crippen LogP contribution in [0, 0.1) is 11.8 Å². The second-order valence-corrected chi connectivity index (χ2v) is 6.09. The summed E-state index contributed by atoms with van der Waals surface area (Å²) in [4.78, 5) is 21.5. The maximum Gasteiger partial charge on any atom is 0.225 e. The first-order valence-electron chi connectivity index (χ1n) is 7.94. The Morgan fingerprint density at radius 3 is 2.75 bits per heavy atom. The predicted octanol–water partition coefficient (Wildman–Crippen LogP) is 3.36. The van der Waals surface area contributed by atoms with E-state index < -0.39 is 0 Å². The molecule has 1 aliphatic rings. The molecule has 0 aliphatic heterocycles. The van der Waals surface area contributed by atoms with E-state index >= 15 is 0 Å². The first kappa shape index (κ1) is 15.1. The molecular formula is C16H27N3O. The van der Waals surface area contributed by atoms with Gasteiger partial charge in [0.1, 0.15) is 5.82 Å². The average molecular weight is 277 g/mol. The van der Waals surface area contributed by atoms with Crippen LogP contribution in [-0.2, 0) is 11.3 Å². The highest BCUT2D eigenvalue weighted by molar-refractivity contribution is 5.78. The fraction of sp³-hybridized carbons (Fsp3) is 0.750. The van der Waals surface area contributed by atoms with Gasteiger partial charge in [-0.1, -0.05) is 26.2 Å². The molecule has 0 atom stereocenters. The van der Waals surface area contributed by atoms with Crippen LogP contribution in [0.3, 0.4) is 0 Å². The van der Waals surface area contributed by atoms with Crippen LogP contribution in [0.15, 0.2) is 12.4 Å². The van der Waals surface area contributed by atoms with Crippen LogP contribution < -0.4 is 0 Å². The third kappa shape index (κ3) is 4.09. The molecule has 1 aromatic rings. The fourth-order valence-corrected chi connectivity index (χ4v) is 3.19. The smallest absolute Gasteiger partial charge is 0.225 e. The van der Waals surface area contributed by atoms with E-state index in [1.807, 2.05) is 11.9 Å². The number of hydrogen-bond donors (Lipinski definition) is 1. The van der Waals surface area contributed by atoms with E-state index in [2.05, 4.69) is 16.9 Å². The molecular weight excluding hydrogens is 250 g/mol. The van der Waals surface area contributed by atoms with Crippen molar-refractivity contribution in [3.8, 4) is 0 Å². The number of unbranched alkanes of at least 4 members (excludes halogenated alkanes) is 1. The van der Waals surface area contributed by atoms with E-state index in [4.69, 9.17) is 0 Å². The number of nitrogens with zero attached hydrogens (tertiary/aromatic N) is 2. The SMILES string of the molecule is CCCCC1CCC(C(=O)N(C)Cc2ncc[nH]2)CC1. The molecule has 2 rings (SSSR count). The zero-order chi connectivity index (χ0) is 14.4. The van der Waals surface area contributed by atoms with Gasteiger partial charge in [0, 0.05) is 25.4 Å². The summed E-state index contributed by atoms with van der Waals surface area (Å²) in [6, 6.07) is 0. The highest BCUT2D eigenvalue weighted by Gasteiger charge is 2.28. The van der Waals surface area contributed by atoms with Gasteiger partial charge in [0.25, 0.3) is 0 Å². The van der Waals surface area contributed by atoms with Crippen LogP contribution in [0.1, 0.15) is 57.7 Å². The molecule has 4 heteroatoms. The van der Waals surface area contributed by atoms with E-state index in [1.165, 1.54) is 32.1 Å². The van der Waals surface area contributed by atoms with Gasteiger partial charge in [-0.15, -0.1) is 0 Å². The predicted molar refractivity (Wildman–Crippen MR) is 80.0 cm³/mol. The molecule has 112 valence electrons. The Bertz CT molecular complexity index is 394. The fourth-order valence-electron chi connectivity index (χ4n) is 3.19. The third-order valence-corrected chi connectivity index (χ3v) is 4.48. The number of rotatable bonds is 6. The van der Waals surface area contributed by atoms with Crippen molar-refractivity contribution in [1.82, 2.24) is 14.9 Å². The Morgan fingerprint density at radius 1 is 1.40 bits per heavy atom. The lowest BCUT2D eigenvalue weighted by molar-refractivity contribution is -0.136. The van der Waals surface area contributed by atoms with Gasteiger partial charge in [0.05, 0.1) is 6.54 Å². The Labute approximate surface area is 122 Å². The maximum absolute atomic E-state index is 12.4. The Kier molecular flexibility index (Phi) is 5.62. The van der Waals surface area contributed by atoms with Gasteiger partial charge in [-0.25, -0.2) is 4.98 Å². The Hall–Kier alpha value is -1.32.